The summed E-state index contributed by atoms with van der Waals surface area (Å²) in [5.41, 5.74) is -0.0657. The maximum absolute atomic E-state index is 12.9. The molecule has 0 spiro atoms. The molecular weight excluding hydrogens is 202 g/mol. The molecule has 0 aliphatic carbocycles. The van der Waals surface area contributed by atoms with Crippen LogP contribution >= 0.6 is 0 Å². The molecule has 2 nitrogen and oxygen atoms in total. The van der Waals surface area contributed by atoms with Crippen LogP contribution in [0.4, 0.5) is 8.78 Å². The molecule has 1 N–H and O–H groups in total. The maximum atomic E-state index is 12.9. The predicted molar refractivity (Wildman–Crippen MR) is 53.2 cm³/mol. The molecule has 0 amide bonds. The third-order valence-corrected chi connectivity index (χ3v) is 1.91. The monoisotopic (exact) mass is 216 g/mol. The minimum atomic E-state index is -2.85. The van der Waals surface area contributed by atoms with E-state index in [0.29, 0.717) is 18.8 Å². The van der Waals surface area contributed by atoms with Crippen molar-refractivity contribution in [2.24, 2.45) is 0 Å². The normalized spacial score (nSPS) is 11.5. The van der Waals surface area contributed by atoms with E-state index < -0.39 is 5.92 Å². The van der Waals surface area contributed by atoms with Crippen LogP contribution in [0.15, 0.2) is 24.3 Å². The zero-order valence-corrected chi connectivity index (χ0v) is 8.54. The lowest BCUT2D eigenvalue weighted by Gasteiger charge is -2.12. The Kier molecular flexibility index (Phi) is 4.03. The molecule has 1 aromatic rings. The van der Waals surface area contributed by atoms with E-state index in [4.69, 9.17) is 9.84 Å². The predicted octanol–water partition coefficient (Wildman–Crippen LogP) is 2.56. The highest BCUT2D eigenvalue weighted by molar-refractivity contribution is 5.30. The van der Waals surface area contributed by atoms with Gasteiger partial charge in [0, 0.05) is 25.5 Å². The van der Waals surface area contributed by atoms with Gasteiger partial charge in [0.15, 0.2) is 0 Å². The molecule has 15 heavy (non-hydrogen) atoms. The molecule has 0 unspecified atom stereocenters. The van der Waals surface area contributed by atoms with Gasteiger partial charge in [-0.05, 0) is 12.1 Å². The van der Waals surface area contributed by atoms with Crippen LogP contribution < -0.4 is 4.74 Å². The van der Waals surface area contributed by atoms with Crippen molar-refractivity contribution in [2.75, 3.05) is 13.2 Å². The van der Waals surface area contributed by atoms with E-state index >= 15 is 0 Å². The van der Waals surface area contributed by atoms with E-state index in [-0.39, 0.29) is 12.2 Å². The molecule has 84 valence electrons. The molecular formula is C11H14F2O2. The van der Waals surface area contributed by atoms with Crippen molar-refractivity contribution in [3.63, 3.8) is 0 Å². The van der Waals surface area contributed by atoms with Crippen molar-refractivity contribution in [1.29, 1.82) is 0 Å². The van der Waals surface area contributed by atoms with Gasteiger partial charge in [0.25, 0.3) is 5.92 Å². The molecule has 0 heterocycles. The van der Waals surface area contributed by atoms with Gasteiger partial charge in [-0.2, -0.15) is 0 Å². The van der Waals surface area contributed by atoms with Crippen molar-refractivity contribution in [1.82, 2.24) is 0 Å². The molecule has 0 fully saturated rings. The Morgan fingerprint density at radius 3 is 2.73 bits per heavy atom. The summed E-state index contributed by atoms with van der Waals surface area (Å²) in [6.07, 6.45) is 0.493. The summed E-state index contributed by atoms with van der Waals surface area (Å²) < 4.78 is 31.0. The molecule has 0 atom stereocenters. The number of rotatable bonds is 5. The van der Waals surface area contributed by atoms with Gasteiger partial charge in [-0.25, -0.2) is 8.78 Å². The van der Waals surface area contributed by atoms with E-state index in [9.17, 15) is 8.78 Å². The van der Waals surface area contributed by atoms with Gasteiger partial charge in [0.1, 0.15) is 5.75 Å². The maximum Gasteiger partial charge on any atom is 0.270 e. The second kappa shape index (κ2) is 5.07. The van der Waals surface area contributed by atoms with Crippen LogP contribution in [0, 0.1) is 0 Å². The van der Waals surface area contributed by atoms with Gasteiger partial charge >= 0.3 is 0 Å². The SMILES string of the molecule is CC(F)(F)c1cccc(OCCCO)c1. The smallest absolute Gasteiger partial charge is 0.270 e. The Hall–Kier alpha value is -1.16. The Balaban J connectivity index is 2.66. The van der Waals surface area contributed by atoms with Crippen LogP contribution in [0.25, 0.3) is 0 Å². The van der Waals surface area contributed by atoms with Crippen molar-refractivity contribution >= 4 is 0 Å². The van der Waals surface area contributed by atoms with E-state index in [2.05, 4.69) is 0 Å². The molecule has 0 aromatic heterocycles. The third kappa shape index (κ3) is 3.83. The fraction of sp³-hybridized carbons (Fsp3) is 0.455. The quantitative estimate of drug-likeness (QED) is 0.766. The van der Waals surface area contributed by atoms with Crippen molar-refractivity contribution in [3.8, 4) is 5.75 Å². The average molecular weight is 216 g/mol. The summed E-state index contributed by atoms with van der Waals surface area (Å²) >= 11 is 0. The second-order valence-corrected chi connectivity index (χ2v) is 3.34. The molecule has 0 aliphatic rings. The number of halogens is 2. The standard InChI is InChI=1S/C11H14F2O2/c1-11(12,13)9-4-2-5-10(8-9)15-7-3-6-14/h2,4-5,8,14H,3,6-7H2,1H3. The summed E-state index contributed by atoms with van der Waals surface area (Å²) in [6, 6.07) is 5.82. The fourth-order valence-corrected chi connectivity index (χ4v) is 1.11. The van der Waals surface area contributed by atoms with Crippen molar-refractivity contribution < 1.29 is 18.6 Å². The number of hydrogen-bond donors (Lipinski definition) is 1. The minimum absolute atomic E-state index is 0.0314. The summed E-state index contributed by atoms with van der Waals surface area (Å²) in [5.74, 6) is -2.45. The highest BCUT2D eigenvalue weighted by atomic mass is 19.3. The number of aliphatic hydroxyl groups excluding tert-OH is 1. The van der Waals surface area contributed by atoms with Crippen LogP contribution in [-0.2, 0) is 5.92 Å². The van der Waals surface area contributed by atoms with Crippen molar-refractivity contribution in [2.45, 2.75) is 19.3 Å². The molecule has 0 radical (unpaired) electrons. The lowest BCUT2D eigenvalue weighted by atomic mass is 10.1. The molecule has 1 rings (SSSR count). The first-order valence-corrected chi connectivity index (χ1v) is 4.76. The topological polar surface area (TPSA) is 29.5 Å². The van der Waals surface area contributed by atoms with Crippen molar-refractivity contribution in [3.05, 3.63) is 29.8 Å². The Bertz CT molecular complexity index is 308. The van der Waals surface area contributed by atoms with Gasteiger partial charge in [-0.1, -0.05) is 12.1 Å². The van der Waals surface area contributed by atoms with Gasteiger partial charge in [0.05, 0.1) is 6.61 Å². The summed E-state index contributed by atoms with van der Waals surface area (Å²) in [4.78, 5) is 0. The van der Waals surface area contributed by atoms with E-state index in [1.165, 1.54) is 18.2 Å². The first-order chi connectivity index (χ1) is 7.04. The van der Waals surface area contributed by atoms with E-state index in [1.54, 1.807) is 6.07 Å². The van der Waals surface area contributed by atoms with Crippen LogP contribution in [0.1, 0.15) is 18.9 Å². The average Bonchev–Trinajstić information content (AvgIpc) is 2.17. The molecule has 0 aliphatic heterocycles. The fourth-order valence-electron chi connectivity index (χ4n) is 1.11. The van der Waals surface area contributed by atoms with Gasteiger partial charge in [-0.15, -0.1) is 0 Å². The largest absolute Gasteiger partial charge is 0.493 e. The van der Waals surface area contributed by atoms with Gasteiger partial charge in [0.2, 0.25) is 0 Å². The number of ether oxygens (including phenoxy) is 1. The summed E-state index contributed by atoms with van der Waals surface area (Å²) in [7, 11) is 0. The minimum Gasteiger partial charge on any atom is -0.493 e. The third-order valence-electron chi connectivity index (χ3n) is 1.91. The first-order valence-electron chi connectivity index (χ1n) is 4.76. The second-order valence-electron chi connectivity index (χ2n) is 3.34. The van der Waals surface area contributed by atoms with Crippen LogP contribution in [0.2, 0.25) is 0 Å². The van der Waals surface area contributed by atoms with E-state index in [1.807, 2.05) is 0 Å². The van der Waals surface area contributed by atoms with Gasteiger partial charge in [-0.3, -0.25) is 0 Å². The molecule has 0 saturated carbocycles. The highest BCUT2D eigenvalue weighted by Crippen LogP contribution is 2.29. The Morgan fingerprint density at radius 1 is 1.40 bits per heavy atom. The molecule has 4 heteroatoms. The van der Waals surface area contributed by atoms with Crippen LogP contribution in [-0.4, -0.2) is 18.3 Å². The van der Waals surface area contributed by atoms with E-state index in [0.717, 1.165) is 6.92 Å². The summed E-state index contributed by atoms with van der Waals surface area (Å²) in [6.45, 7) is 1.21. The van der Waals surface area contributed by atoms with Crippen LogP contribution in [0.3, 0.4) is 0 Å². The summed E-state index contributed by atoms with van der Waals surface area (Å²) in [5, 5.41) is 8.53. The molecule has 0 saturated heterocycles. The number of hydrogen-bond acceptors (Lipinski definition) is 2. The first kappa shape index (κ1) is 11.9. The molecule has 0 bridgehead atoms. The van der Waals surface area contributed by atoms with Gasteiger partial charge < -0.3 is 9.84 Å². The Labute approximate surface area is 87.5 Å². The number of alkyl halides is 2. The number of benzene rings is 1. The highest BCUT2D eigenvalue weighted by Gasteiger charge is 2.24. The zero-order valence-electron chi connectivity index (χ0n) is 8.54. The van der Waals surface area contributed by atoms with Crippen LogP contribution in [0.5, 0.6) is 5.75 Å². The lowest BCUT2D eigenvalue weighted by molar-refractivity contribution is 0.0172. The molecule has 1 aromatic carbocycles. The number of aliphatic hydroxyl groups is 1. The Morgan fingerprint density at radius 2 is 2.13 bits per heavy atom. The lowest BCUT2D eigenvalue weighted by Crippen LogP contribution is -2.07. The zero-order chi connectivity index (χ0) is 11.3.